The third-order valence-electron chi connectivity index (χ3n) is 4.43. The summed E-state index contributed by atoms with van der Waals surface area (Å²) in [5, 5.41) is 3.02. The van der Waals surface area contributed by atoms with Crippen molar-refractivity contribution in [2.45, 2.75) is 26.5 Å². The van der Waals surface area contributed by atoms with Gasteiger partial charge >= 0.3 is 6.03 Å². The van der Waals surface area contributed by atoms with Gasteiger partial charge in [-0.15, -0.1) is 0 Å². The molecule has 0 radical (unpaired) electrons. The summed E-state index contributed by atoms with van der Waals surface area (Å²) in [6.45, 7) is 4.39. The fourth-order valence-electron chi connectivity index (χ4n) is 3.01. The van der Waals surface area contributed by atoms with Crippen LogP contribution < -0.4 is 10.1 Å². The number of para-hydroxylation sites is 1. The highest BCUT2D eigenvalue weighted by atomic mass is 16.5. The number of amides is 2. The van der Waals surface area contributed by atoms with Crippen LogP contribution in [-0.2, 0) is 24.3 Å². The van der Waals surface area contributed by atoms with Crippen LogP contribution in [0.3, 0.4) is 0 Å². The monoisotopic (exact) mass is 340 g/mol. The van der Waals surface area contributed by atoms with E-state index in [1.807, 2.05) is 48.2 Å². The summed E-state index contributed by atoms with van der Waals surface area (Å²) in [5.41, 5.74) is 4.21. The second-order valence-corrected chi connectivity index (χ2v) is 6.03. The van der Waals surface area contributed by atoms with E-state index in [0.29, 0.717) is 26.3 Å². The van der Waals surface area contributed by atoms with Gasteiger partial charge in [-0.05, 0) is 42.7 Å². The zero-order valence-electron chi connectivity index (χ0n) is 14.7. The molecule has 0 bridgehead atoms. The van der Waals surface area contributed by atoms with Crippen molar-refractivity contribution in [2.24, 2.45) is 0 Å². The summed E-state index contributed by atoms with van der Waals surface area (Å²) in [6.07, 6.45) is 0.855. The molecule has 0 atom stereocenters. The van der Waals surface area contributed by atoms with Gasteiger partial charge in [-0.3, -0.25) is 0 Å². The average Bonchev–Trinajstić information content (AvgIpc) is 2.66. The molecular formula is C20H24N2O3. The first-order valence-electron chi connectivity index (χ1n) is 8.58. The van der Waals surface area contributed by atoms with E-state index in [-0.39, 0.29) is 6.03 Å². The summed E-state index contributed by atoms with van der Waals surface area (Å²) in [7, 11) is 1.66. The molecule has 1 aliphatic heterocycles. The van der Waals surface area contributed by atoms with Crippen molar-refractivity contribution < 1.29 is 14.3 Å². The summed E-state index contributed by atoms with van der Waals surface area (Å²) >= 11 is 0. The molecule has 1 N–H and O–H groups in total. The fourth-order valence-corrected chi connectivity index (χ4v) is 3.01. The second kappa shape index (κ2) is 8.03. The highest BCUT2D eigenvalue weighted by Gasteiger charge is 2.21. The molecule has 0 saturated heterocycles. The second-order valence-electron chi connectivity index (χ2n) is 6.03. The zero-order valence-corrected chi connectivity index (χ0v) is 14.7. The van der Waals surface area contributed by atoms with E-state index in [0.717, 1.165) is 29.0 Å². The maximum Gasteiger partial charge on any atom is 0.322 e. The van der Waals surface area contributed by atoms with Crippen LogP contribution in [0.25, 0.3) is 0 Å². The zero-order chi connectivity index (χ0) is 17.6. The van der Waals surface area contributed by atoms with Gasteiger partial charge in [0, 0.05) is 30.9 Å². The van der Waals surface area contributed by atoms with E-state index in [1.54, 1.807) is 7.11 Å². The van der Waals surface area contributed by atoms with Gasteiger partial charge in [-0.1, -0.05) is 24.3 Å². The number of methoxy groups -OCH3 is 1. The molecule has 2 aromatic carbocycles. The van der Waals surface area contributed by atoms with Crippen LogP contribution in [0.4, 0.5) is 10.5 Å². The Hall–Kier alpha value is -2.53. The van der Waals surface area contributed by atoms with Crippen molar-refractivity contribution in [1.82, 2.24) is 4.90 Å². The molecule has 2 aromatic rings. The maximum atomic E-state index is 12.7. The maximum absolute atomic E-state index is 12.7. The fraction of sp³-hybridized carbons (Fsp3) is 0.350. The first-order chi connectivity index (χ1) is 12.2. The van der Waals surface area contributed by atoms with Gasteiger partial charge in [0.15, 0.2) is 0 Å². The van der Waals surface area contributed by atoms with Crippen LogP contribution in [-0.4, -0.2) is 31.2 Å². The number of rotatable bonds is 5. The molecule has 132 valence electrons. The quantitative estimate of drug-likeness (QED) is 0.900. The number of benzene rings is 2. The van der Waals surface area contributed by atoms with Gasteiger partial charge in [0.05, 0.1) is 13.7 Å². The Morgan fingerprint density at radius 2 is 2.04 bits per heavy atom. The van der Waals surface area contributed by atoms with Crippen LogP contribution in [0, 0.1) is 0 Å². The lowest BCUT2D eigenvalue weighted by Crippen LogP contribution is -2.39. The van der Waals surface area contributed by atoms with Gasteiger partial charge in [0.25, 0.3) is 0 Å². The summed E-state index contributed by atoms with van der Waals surface area (Å²) < 4.78 is 10.8. The van der Waals surface area contributed by atoms with Crippen LogP contribution >= 0.6 is 0 Å². The highest BCUT2D eigenvalue weighted by Crippen LogP contribution is 2.25. The molecule has 0 aromatic heterocycles. The normalized spacial score (nSPS) is 13.3. The van der Waals surface area contributed by atoms with Crippen molar-refractivity contribution in [3.63, 3.8) is 0 Å². The minimum absolute atomic E-state index is 0.0857. The molecule has 0 unspecified atom stereocenters. The lowest BCUT2D eigenvalue weighted by Gasteiger charge is -2.29. The smallest absolute Gasteiger partial charge is 0.322 e. The number of fused-ring (bicyclic) bond motifs is 1. The van der Waals surface area contributed by atoms with Crippen LogP contribution in [0.5, 0.6) is 5.75 Å². The van der Waals surface area contributed by atoms with Crippen molar-refractivity contribution >= 4 is 11.7 Å². The lowest BCUT2D eigenvalue weighted by atomic mass is 10.00. The third-order valence-corrected chi connectivity index (χ3v) is 4.43. The number of ether oxygens (including phenoxy) is 2. The number of nitrogens with zero attached hydrogens (tertiary/aromatic N) is 1. The molecule has 0 saturated carbocycles. The Kier molecular flexibility index (Phi) is 5.56. The van der Waals surface area contributed by atoms with E-state index in [2.05, 4.69) is 11.4 Å². The van der Waals surface area contributed by atoms with E-state index in [1.165, 1.54) is 5.56 Å². The van der Waals surface area contributed by atoms with Gasteiger partial charge in [0.2, 0.25) is 0 Å². The van der Waals surface area contributed by atoms with Crippen molar-refractivity contribution in [3.05, 3.63) is 59.2 Å². The van der Waals surface area contributed by atoms with Crippen LogP contribution in [0.1, 0.15) is 23.6 Å². The third kappa shape index (κ3) is 4.12. The number of urea groups is 1. The molecule has 0 spiro atoms. The Labute approximate surface area is 148 Å². The van der Waals surface area contributed by atoms with Crippen LogP contribution in [0.15, 0.2) is 42.5 Å². The van der Waals surface area contributed by atoms with Crippen LogP contribution in [0.2, 0.25) is 0 Å². The minimum atomic E-state index is -0.0857. The predicted molar refractivity (Wildman–Crippen MR) is 97.9 cm³/mol. The number of carbonyl (C=O) groups is 1. The Morgan fingerprint density at radius 3 is 2.84 bits per heavy atom. The first-order valence-corrected chi connectivity index (χ1v) is 8.58. The van der Waals surface area contributed by atoms with Crippen molar-refractivity contribution in [2.75, 3.05) is 25.6 Å². The average molecular weight is 340 g/mol. The van der Waals surface area contributed by atoms with Crippen molar-refractivity contribution in [3.8, 4) is 5.75 Å². The molecule has 0 aliphatic carbocycles. The molecule has 3 rings (SSSR count). The lowest BCUT2D eigenvalue weighted by molar-refractivity contribution is 0.134. The molecule has 1 heterocycles. The Morgan fingerprint density at radius 1 is 1.20 bits per heavy atom. The molecular weight excluding hydrogens is 316 g/mol. The Bertz CT molecular complexity index is 745. The van der Waals surface area contributed by atoms with Crippen molar-refractivity contribution in [1.29, 1.82) is 0 Å². The standard InChI is InChI=1S/C20H24N2O3/c1-3-25-14-16-6-4-5-7-19(16)21-20(23)22-11-10-15-8-9-18(24-2)12-17(15)13-22/h4-9,12H,3,10-11,13-14H2,1-2H3,(H,21,23). The van der Waals surface area contributed by atoms with Gasteiger partial charge in [0.1, 0.15) is 5.75 Å². The minimum Gasteiger partial charge on any atom is -0.497 e. The van der Waals surface area contributed by atoms with Gasteiger partial charge in [-0.25, -0.2) is 4.79 Å². The van der Waals surface area contributed by atoms with E-state index < -0.39 is 0 Å². The predicted octanol–water partition coefficient (Wildman–Crippen LogP) is 3.82. The summed E-state index contributed by atoms with van der Waals surface area (Å²) in [6, 6.07) is 13.7. The molecule has 5 heteroatoms. The van der Waals surface area contributed by atoms with Gasteiger partial charge in [-0.2, -0.15) is 0 Å². The van der Waals surface area contributed by atoms with E-state index in [9.17, 15) is 4.79 Å². The number of anilines is 1. The number of carbonyl (C=O) groups excluding carboxylic acids is 1. The first kappa shape index (κ1) is 17.3. The molecule has 2 amide bonds. The number of hydrogen-bond acceptors (Lipinski definition) is 3. The molecule has 5 nitrogen and oxygen atoms in total. The SMILES string of the molecule is CCOCc1ccccc1NC(=O)N1CCc2ccc(OC)cc2C1. The molecule has 25 heavy (non-hydrogen) atoms. The van der Waals surface area contributed by atoms with E-state index in [4.69, 9.17) is 9.47 Å². The highest BCUT2D eigenvalue weighted by molar-refractivity contribution is 5.90. The van der Waals surface area contributed by atoms with Gasteiger partial charge < -0.3 is 19.7 Å². The number of hydrogen-bond donors (Lipinski definition) is 1. The topological polar surface area (TPSA) is 50.8 Å². The largest absolute Gasteiger partial charge is 0.497 e. The summed E-state index contributed by atoms with van der Waals surface area (Å²) in [5.74, 6) is 0.822. The number of nitrogens with one attached hydrogen (secondary N) is 1. The molecule has 0 fully saturated rings. The van der Waals surface area contributed by atoms with E-state index >= 15 is 0 Å². The Balaban J connectivity index is 1.70. The summed E-state index contributed by atoms with van der Waals surface area (Å²) in [4.78, 5) is 14.5. The molecule has 1 aliphatic rings.